The summed E-state index contributed by atoms with van der Waals surface area (Å²) >= 11 is 0. The number of hydrogen-bond acceptors (Lipinski definition) is 2. The van der Waals surface area contributed by atoms with Crippen LogP contribution in [0, 0.1) is 5.92 Å². The fraction of sp³-hybridized carbons (Fsp3) is 0.846. The van der Waals surface area contributed by atoms with Crippen molar-refractivity contribution >= 4 is 0 Å². The van der Waals surface area contributed by atoms with Crippen molar-refractivity contribution in [1.29, 1.82) is 0 Å². The van der Waals surface area contributed by atoms with E-state index < -0.39 is 0 Å². The Balaban J connectivity index is 2.11. The smallest absolute Gasteiger partial charge is 0.0213 e. The third-order valence-electron chi connectivity index (χ3n) is 3.60. The van der Waals surface area contributed by atoms with E-state index in [2.05, 4.69) is 12.0 Å². The van der Waals surface area contributed by atoms with Gasteiger partial charge in [-0.2, -0.15) is 0 Å². The number of rotatable bonds is 7. The summed E-state index contributed by atoms with van der Waals surface area (Å²) in [4.78, 5) is 0. The molecule has 0 radical (unpaired) electrons. The van der Waals surface area contributed by atoms with Gasteiger partial charge in [0.2, 0.25) is 0 Å². The normalized spacial score (nSPS) is 20.1. The minimum absolute atomic E-state index is 0.491. The van der Waals surface area contributed by atoms with Gasteiger partial charge < -0.3 is 0 Å². The van der Waals surface area contributed by atoms with Crippen molar-refractivity contribution in [1.82, 2.24) is 5.43 Å². The summed E-state index contributed by atoms with van der Waals surface area (Å²) in [5, 5.41) is 0. The SMILES string of the molecule is C=CCCC(CCC1CCCCC1)NN. The third-order valence-corrected chi connectivity index (χ3v) is 3.60. The van der Waals surface area contributed by atoms with Gasteiger partial charge in [-0.15, -0.1) is 6.58 Å². The van der Waals surface area contributed by atoms with E-state index in [1.165, 1.54) is 44.9 Å². The van der Waals surface area contributed by atoms with Crippen LogP contribution in [0.3, 0.4) is 0 Å². The van der Waals surface area contributed by atoms with Crippen LogP contribution in [0.2, 0.25) is 0 Å². The summed E-state index contributed by atoms with van der Waals surface area (Å²) in [6, 6.07) is 0.491. The summed E-state index contributed by atoms with van der Waals surface area (Å²) in [5.74, 6) is 6.52. The standard InChI is InChI=1S/C13H26N2/c1-2-3-9-13(15-14)11-10-12-7-5-4-6-8-12/h2,12-13,15H,1,3-11,14H2. The Bertz CT molecular complexity index is 162. The number of nitrogens with one attached hydrogen (secondary N) is 1. The number of hydrogen-bond donors (Lipinski definition) is 2. The molecular weight excluding hydrogens is 184 g/mol. The minimum Gasteiger partial charge on any atom is -0.271 e. The third kappa shape index (κ3) is 5.33. The average Bonchev–Trinajstić information content (AvgIpc) is 2.31. The second-order valence-corrected chi connectivity index (χ2v) is 4.81. The molecule has 0 aromatic rings. The Labute approximate surface area is 94.3 Å². The van der Waals surface area contributed by atoms with Gasteiger partial charge in [-0.25, -0.2) is 0 Å². The molecule has 15 heavy (non-hydrogen) atoms. The molecule has 0 amide bonds. The highest BCUT2D eigenvalue weighted by Gasteiger charge is 2.15. The molecule has 0 aliphatic heterocycles. The van der Waals surface area contributed by atoms with Gasteiger partial charge in [0.15, 0.2) is 0 Å². The average molecular weight is 210 g/mol. The zero-order valence-electron chi connectivity index (χ0n) is 9.88. The number of allylic oxidation sites excluding steroid dienone is 1. The topological polar surface area (TPSA) is 38.0 Å². The van der Waals surface area contributed by atoms with Gasteiger partial charge in [0.1, 0.15) is 0 Å². The Morgan fingerprint density at radius 2 is 2.00 bits per heavy atom. The molecule has 0 heterocycles. The van der Waals surface area contributed by atoms with E-state index in [4.69, 9.17) is 5.84 Å². The monoisotopic (exact) mass is 210 g/mol. The van der Waals surface area contributed by atoms with Crippen molar-refractivity contribution < 1.29 is 0 Å². The maximum atomic E-state index is 5.54. The zero-order chi connectivity index (χ0) is 10.9. The van der Waals surface area contributed by atoms with Gasteiger partial charge in [0, 0.05) is 6.04 Å². The largest absolute Gasteiger partial charge is 0.271 e. The maximum Gasteiger partial charge on any atom is 0.0213 e. The highest BCUT2D eigenvalue weighted by atomic mass is 15.2. The fourth-order valence-corrected chi connectivity index (χ4v) is 2.54. The molecule has 1 atom stereocenters. The van der Waals surface area contributed by atoms with Crippen LogP contribution in [0.25, 0.3) is 0 Å². The lowest BCUT2D eigenvalue weighted by Crippen LogP contribution is -2.35. The molecule has 0 saturated heterocycles. The Kier molecular flexibility index (Phi) is 6.69. The Morgan fingerprint density at radius 1 is 1.27 bits per heavy atom. The lowest BCUT2D eigenvalue weighted by atomic mass is 9.85. The van der Waals surface area contributed by atoms with Crippen molar-refractivity contribution in [3.63, 3.8) is 0 Å². The quantitative estimate of drug-likeness (QED) is 0.385. The molecule has 1 rings (SSSR count). The van der Waals surface area contributed by atoms with Gasteiger partial charge in [-0.1, -0.05) is 38.2 Å². The Morgan fingerprint density at radius 3 is 2.60 bits per heavy atom. The van der Waals surface area contributed by atoms with E-state index in [0.29, 0.717) is 6.04 Å². The predicted octanol–water partition coefficient (Wildman–Crippen LogP) is 3.15. The molecule has 0 aromatic heterocycles. The van der Waals surface area contributed by atoms with E-state index in [9.17, 15) is 0 Å². The molecule has 0 aromatic carbocycles. The number of nitrogens with two attached hydrogens (primary N) is 1. The van der Waals surface area contributed by atoms with Crippen molar-refractivity contribution in [3.8, 4) is 0 Å². The molecule has 1 saturated carbocycles. The van der Waals surface area contributed by atoms with Crippen LogP contribution < -0.4 is 11.3 Å². The van der Waals surface area contributed by atoms with Crippen molar-refractivity contribution in [3.05, 3.63) is 12.7 Å². The molecule has 1 aliphatic rings. The first-order valence-electron chi connectivity index (χ1n) is 6.44. The minimum atomic E-state index is 0.491. The lowest BCUT2D eigenvalue weighted by molar-refractivity contribution is 0.310. The first kappa shape index (κ1) is 12.7. The van der Waals surface area contributed by atoms with Gasteiger partial charge in [-0.3, -0.25) is 11.3 Å². The fourth-order valence-electron chi connectivity index (χ4n) is 2.54. The van der Waals surface area contributed by atoms with Gasteiger partial charge in [0.05, 0.1) is 0 Å². The van der Waals surface area contributed by atoms with Crippen LogP contribution in [-0.4, -0.2) is 6.04 Å². The van der Waals surface area contributed by atoms with Crippen molar-refractivity contribution in [2.75, 3.05) is 0 Å². The summed E-state index contributed by atoms with van der Waals surface area (Å²) < 4.78 is 0. The molecule has 1 unspecified atom stereocenters. The van der Waals surface area contributed by atoms with Crippen molar-refractivity contribution in [2.45, 2.75) is 63.8 Å². The predicted molar refractivity (Wildman–Crippen MR) is 66.4 cm³/mol. The van der Waals surface area contributed by atoms with Crippen LogP contribution in [-0.2, 0) is 0 Å². The molecular formula is C13H26N2. The molecule has 2 nitrogen and oxygen atoms in total. The van der Waals surface area contributed by atoms with E-state index in [1.807, 2.05) is 6.08 Å². The van der Waals surface area contributed by atoms with Crippen LogP contribution in [0.4, 0.5) is 0 Å². The van der Waals surface area contributed by atoms with Gasteiger partial charge in [0.25, 0.3) is 0 Å². The molecule has 1 aliphatic carbocycles. The summed E-state index contributed by atoms with van der Waals surface area (Å²) in [5.41, 5.74) is 2.93. The zero-order valence-corrected chi connectivity index (χ0v) is 9.88. The second kappa shape index (κ2) is 7.89. The van der Waals surface area contributed by atoms with Gasteiger partial charge in [-0.05, 0) is 31.6 Å². The van der Waals surface area contributed by atoms with Crippen molar-refractivity contribution in [2.24, 2.45) is 11.8 Å². The van der Waals surface area contributed by atoms with Crippen LogP contribution >= 0.6 is 0 Å². The molecule has 0 spiro atoms. The Hall–Kier alpha value is -0.340. The first-order chi connectivity index (χ1) is 7.36. The summed E-state index contributed by atoms with van der Waals surface area (Å²) in [6.07, 6.45) is 14.0. The van der Waals surface area contributed by atoms with E-state index in [0.717, 1.165) is 18.8 Å². The molecule has 0 bridgehead atoms. The number of hydrazine groups is 1. The molecule has 1 fully saturated rings. The van der Waals surface area contributed by atoms with Crippen LogP contribution in [0.1, 0.15) is 57.8 Å². The van der Waals surface area contributed by atoms with Gasteiger partial charge >= 0.3 is 0 Å². The van der Waals surface area contributed by atoms with E-state index in [1.54, 1.807) is 0 Å². The maximum absolute atomic E-state index is 5.54. The molecule has 88 valence electrons. The summed E-state index contributed by atoms with van der Waals surface area (Å²) in [7, 11) is 0. The summed E-state index contributed by atoms with van der Waals surface area (Å²) in [6.45, 7) is 3.75. The van der Waals surface area contributed by atoms with Crippen LogP contribution in [0.5, 0.6) is 0 Å². The molecule has 2 heteroatoms. The highest BCUT2D eigenvalue weighted by molar-refractivity contribution is 4.74. The van der Waals surface area contributed by atoms with E-state index >= 15 is 0 Å². The first-order valence-corrected chi connectivity index (χ1v) is 6.44. The second-order valence-electron chi connectivity index (χ2n) is 4.81. The lowest BCUT2D eigenvalue weighted by Gasteiger charge is -2.23. The van der Waals surface area contributed by atoms with E-state index in [-0.39, 0.29) is 0 Å². The molecule has 3 N–H and O–H groups in total. The van der Waals surface area contributed by atoms with Crippen LogP contribution in [0.15, 0.2) is 12.7 Å². The highest BCUT2D eigenvalue weighted by Crippen LogP contribution is 2.28.